The average Bonchev–Trinajstić information content (AvgIpc) is 3.05. The summed E-state index contributed by atoms with van der Waals surface area (Å²) in [6, 6.07) is 13.2. The number of anilines is 2. The van der Waals surface area contributed by atoms with Crippen molar-refractivity contribution < 1.29 is 9.47 Å². The van der Waals surface area contributed by atoms with Crippen LogP contribution in [0.5, 0.6) is 11.5 Å². The Morgan fingerprint density at radius 1 is 0.931 bits per heavy atom. The summed E-state index contributed by atoms with van der Waals surface area (Å²) >= 11 is 6.16. The van der Waals surface area contributed by atoms with Gasteiger partial charge in [0, 0.05) is 22.5 Å². The molecule has 0 spiro atoms. The Morgan fingerprint density at radius 3 is 2.55 bits per heavy atom. The van der Waals surface area contributed by atoms with E-state index in [0.29, 0.717) is 41.1 Å². The molecule has 7 nitrogen and oxygen atoms in total. The second kappa shape index (κ2) is 6.93. The van der Waals surface area contributed by atoms with Crippen molar-refractivity contribution in [3.05, 3.63) is 58.9 Å². The van der Waals surface area contributed by atoms with E-state index in [9.17, 15) is 0 Å². The average molecular weight is 408 g/mol. The van der Waals surface area contributed by atoms with E-state index in [4.69, 9.17) is 31.0 Å². The zero-order valence-corrected chi connectivity index (χ0v) is 16.7. The number of halogens is 1. The van der Waals surface area contributed by atoms with Crippen molar-refractivity contribution in [3.8, 4) is 17.3 Å². The Kier molecular flexibility index (Phi) is 4.24. The van der Waals surface area contributed by atoms with Crippen LogP contribution >= 0.6 is 11.6 Å². The smallest absolute Gasteiger partial charge is 0.197 e. The highest BCUT2D eigenvalue weighted by Gasteiger charge is 2.17. The molecule has 1 N–H and O–H groups in total. The number of nitrogens with one attached hydrogen (secondary N) is 1. The topological polar surface area (TPSA) is 74.1 Å². The van der Waals surface area contributed by atoms with Gasteiger partial charge in [-0.2, -0.15) is 5.10 Å². The third kappa shape index (κ3) is 3.34. The molecule has 3 heterocycles. The number of rotatable bonds is 3. The van der Waals surface area contributed by atoms with E-state index in [2.05, 4.69) is 10.4 Å². The van der Waals surface area contributed by atoms with Crippen LogP contribution < -0.4 is 14.8 Å². The second-order valence-corrected chi connectivity index (χ2v) is 7.29. The van der Waals surface area contributed by atoms with E-state index >= 15 is 0 Å². The van der Waals surface area contributed by atoms with Crippen molar-refractivity contribution in [2.24, 2.45) is 0 Å². The van der Waals surface area contributed by atoms with Gasteiger partial charge < -0.3 is 14.8 Å². The number of benzene rings is 2. The van der Waals surface area contributed by atoms with Crippen LogP contribution in [0.1, 0.15) is 11.4 Å². The van der Waals surface area contributed by atoms with Gasteiger partial charge in [0.1, 0.15) is 13.2 Å². The Balaban J connectivity index is 1.64. The molecule has 0 saturated carbocycles. The summed E-state index contributed by atoms with van der Waals surface area (Å²) in [5.74, 6) is 2.62. The van der Waals surface area contributed by atoms with Gasteiger partial charge in [-0.3, -0.25) is 0 Å². The number of aryl methyl sites for hydroxylation is 2. The number of hydrogen-bond donors (Lipinski definition) is 1. The maximum Gasteiger partial charge on any atom is 0.197 e. The first kappa shape index (κ1) is 17.8. The Hall–Kier alpha value is -3.32. The summed E-state index contributed by atoms with van der Waals surface area (Å²) in [6.45, 7) is 5.02. The molecule has 1 aliphatic rings. The van der Waals surface area contributed by atoms with Crippen molar-refractivity contribution in [2.45, 2.75) is 13.8 Å². The van der Waals surface area contributed by atoms with Gasteiger partial charge in [-0.05, 0) is 50.2 Å². The molecule has 4 aromatic rings. The zero-order valence-electron chi connectivity index (χ0n) is 15.9. The lowest BCUT2D eigenvalue weighted by Crippen LogP contribution is -2.15. The minimum Gasteiger partial charge on any atom is -0.486 e. The molecule has 0 saturated heterocycles. The Bertz CT molecular complexity index is 1240. The fourth-order valence-electron chi connectivity index (χ4n) is 3.35. The van der Waals surface area contributed by atoms with Gasteiger partial charge >= 0.3 is 0 Å². The molecule has 2 aromatic carbocycles. The quantitative estimate of drug-likeness (QED) is 0.535. The van der Waals surface area contributed by atoms with Crippen LogP contribution in [-0.2, 0) is 0 Å². The van der Waals surface area contributed by atoms with E-state index in [-0.39, 0.29) is 0 Å². The SMILES string of the molecule is Cc1cc(C)n(-c2nc3cc(Cl)ccc3nc2Nc2ccc3c(c2)OCCO3)n1. The summed E-state index contributed by atoms with van der Waals surface area (Å²) in [5, 5.41) is 8.55. The monoisotopic (exact) mass is 407 g/mol. The molecular weight excluding hydrogens is 390 g/mol. The minimum absolute atomic E-state index is 0.532. The molecule has 0 unspecified atom stereocenters. The molecule has 8 heteroatoms. The van der Waals surface area contributed by atoms with Gasteiger partial charge in [-0.15, -0.1) is 0 Å². The lowest BCUT2D eigenvalue weighted by Gasteiger charge is -2.19. The Labute approximate surface area is 172 Å². The molecule has 0 bridgehead atoms. The normalized spacial score (nSPS) is 12.9. The number of fused-ring (bicyclic) bond motifs is 2. The van der Waals surface area contributed by atoms with Crippen LogP contribution in [0.15, 0.2) is 42.5 Å². The van der Waals surface area contributed by atoms with Crippen LogP contribution in [0.2, 0.25) is 5.02 Å². The summed E-state index contributed by atoms with van der Waals surface area (Å²) in [4.78, 5) is 9.58. The first-order valence-corrected chi connectivity index (χ1v) is 9.62. The lowest BCUT2D eigenvalue weighted by atomic mass is 10.2. The van der Waals surface area contributed by atoms with Crippen molar-refractivity contribution in [2.75, 3.05) is 18.5 Å². The maximum atomic E-state index is 6.16. The van der Waals surface area contributed by atoms with E-state index < -0.39 is 0 Å². The molecule has 2 aromatic heterocycles. The summed E-state index contributed by atoms with van der Waals surface area (Å²) < 4.78 is 13.1. The minimum atomic E-state index is 0.532. The first-order valence-electron chi connectivity index (χ1n) is 9.24. The molecule has 0 aliphatic carbocycles. The molecule has 5 rings (SSSR count). The van der Waals surface area contributed by atoms with Crippen LogP contribution in [0.25, 0.3) is 16.9 Å². The molecule has 0 radical (unpaired) electrons. The van der Waals surface area contributed by atoms with Gasteiger partial charge in [-0.1, -0.05) is 11.6 Å². The van der Waals surface area contributed by atoms with Gasteiger partial charge in [0.25, 0.3) is 0 Å². The highest BCUT2D eigenvalue weighted by Crippen LogP contribution is 2.34. The van der Waals surface area contributed by atoms with Crippen LogP contribution in [0, 0.1) is 13.8 Å². The summed E-state index contributed by atoms with van der Waals surface area (Å²) in [5.41, 5.74) is 4.12. The van der Waals surface area contributed by atoms with Gasteiger partial charge in [0.05, 0.1) is 16.7 Å². The van der Waals surface area contributed by atoms with E-state index in [1.807, 2.05) is 44.2 Å². The predicted molar refractivity (Wildman–Crippen MR) is 112 cm³/mol. The maximum absolute atomic E-state index is 6.16. The largest absolute Gasteiger partial charge is 0.486 e. The predicted octanol–water partition coefficient (Wildman–Crippen LogP) is 4.60. The van der Waals surface area contributed by atoms with Crippen LogP contribution in [-0.4, -0.2) is 33.0 Å². The van der Waals surface area contributed by atoms with Gasteiger partial charge in [-0.25, -0.2) is 14.6 Å². The third-order valence-electron chi connectivity index (χ3n) is 4.62. The van der Waals surface area contributed by atoms with E-state index in [0.717, 1.165) is 28.3 Å². The van der Waals surface area contributed by atoms with Crippen molar-refractivity contribution >= 4 is 34.1 Å². The lowest BCUT2D eigenvalue weighted by molar-refractivity contribution is 0.171. The number of ether oxygens (including phenoxy) is 2. The zero-order chi connectivity index (χ0) is 20.0. The van der Waals surface area contributed by atoms with Gasteiger partial charge in [0.15, 0.2) is 23.1 Å². The van der Waals surface area contributed by atoms with Crippen molar-refractivity contribution in [1.82, 2.24) is 19.7 Å². The number of aromatic nitrogens is 4. The van der Waals surface area contributed by atoms with Crippen molar-refractivity contribution in [1.29, 1.82) is 0 Å². The molecule has 0 atom stereocenters. The molecule has 0 amide bonds. The first-order chi connectivity index (χ1) is 14.1. The Morgan fingerprint density at radius 2 is 1.76 bits per heavy atom. The molecule has 0 fully saturated rings. The van der Waals surface area contributed by atoms with Gasteiger partial charge in [0.2, 0.25) is 0 Å². The second-order valence-electron chi connectivity index (χ2n) is 6.85. The standard InChI is InChI=1S/C21H18ClN5O2/c1-12-9-13(2)27(26-12)21-20(24-16-5-3-14(22)10-17(16)25-21)23-15-4-6-18-19(11-15)29-8-7-28-18/h3-6,9-11H,7-8H2,1-2H3,(H,23,24). The van der Waals surface area contributed by atoms with Crippen molar-refractivity contribution in [3.63, 3.8) is 0 Å². The number of hydrogen-bond acceptors (Lipinski definition) is 6. The van der Waals surface area contributed by atoms with E-state index in [1.165, 1.54) is 0 Å². The summed E-state index contributed by atoms with van der Waals surface area (Å²) in [7, 11) is 0. The molecule has 1 aliphatic heterocycles. The fourth-order valence-corrected chi connectivity index (χ4v) is 3.52. The highest BCUT2D eigenvalue weighted by atomic mass is 35.5. The van der Waals surface area contributed by atoms with E-state index in [1.54, 1.807) is 16.8 Å². The molecule has 146 valence electrons. The fraction of sp³-hybridized carbons (Fsp3) is 0.190. The van der Waals surface area contributed by atoms with Crippen LogP contribution in [0.3, 0.4) is 0 Å². The highest BCUT2D eigenvalue weighted by molar-refractivity contribution is 6.31. The summed E-state index contributed by atoms with van der Waals surface area (Å²) in [6.07, 6.45) is 0. The third-order valence-corrected chi connectivity index (χ3v) is 4.86. The number of nitrogens with zero attached hydrogens (tertiary/aromatic N) is 4. The molecule has 29 heavy (non-hydrogen) atoms. The molecular formula is C21H18ClN5O2. The van der Waals surface area contributed by atoms with Crippen LogP contribution in [0.4, 0.5) is 11.5 Å².